The van der Waals surface area contributed by atoms with Crippen LogP contribution in [0, 0.1) is 24.7 Å². The lowest BCUT2D eigenvalue weighted by molar-refractivity contribution is -0.147. The summed E-state index contributed by atoms with van der Waals surface area (Å²) in [5.41, 5.74) is 6.60. The van der Waals surface area contributed by atoms with Gasteiger partial charge in [0, 0.05) is 54.3 Å². The second kappa shape index (κ2) is 16.2. The lowest BCUT2D eigenvalue weighted by Crippen LogP contribution is -2.46. The minimum atomic E-state index is -0.816. The Morgan fingerprint density at radius 1 is 0.851 bits per heavy atom. The number of carboxylic acids is 1. The highest BCUT2D eigenvalue weighted by Crippen LogP contribution is 2.46. The number of fused-ring (bicyclic) bond motifs is 2. The van der Waals surface area contributed by atoms with E-state index in [-0.39, 0.29) is 30.0 Å². The zero-order chi connectivity index (χ0) is 33.8. The molecule has 0 spiro atoms. The number of carbonyl (C=O) groups is 2. The second-order valence-corrected chi connectivity index (χ2v) is 15.5. The van der Waals surface area contributed by atoms with Crippen LogP contribution in [0.5, 0.6) is 0 Å². The molecule has 3 fully saturated rings. The summed E-state index contributed by atoms with van der Waals surface area (Å²) in [5.74, 6) is -0.449. The molecule has 47 heavy (non-hydrogen) atoms. The summed E-state index contributed by atoms with van der Waals surface area (Å²) in [6.07, 6.45) is 7.96. The van der Waals surface area contributed by atoms with Crippen molar-refractivity contribution in [1.29, 1.82) is 0 Å². The fraction of sp³-hybridized carbons (Fsp3) is 0.639. The Kier molecular flexibility index (Phi) is 12.6. The van der Waals surface area contributed by atoms with Gasteiger partial charge in [0.05, 0.1) is 36.0 Å². The van der Waals surface area contributed by atoms with Crippen molar-refractivity contribution in [3.63, 3.8) is 0 Å². The quantitative estimate of drug-likeness (QED) is 0.347. The van der Waals surface area contributed by atoms with Crippen molar-refractivity contribution in [2.24, 2.45) is 17.8 Å². The van der Waals surface area contributed by atoms with Gasteiger partial charge in [-0.25, -0.2) is 0 Å². The molecule has 9 nitrogen and oxygen atoms in total. The minimum absolute atomic E-state index is 0.0941. The zero-order valence-electron chi connectivity index (χ0n) is 27.5. The Labute approximate surface area is 294 Å². The predicted molar refractivity (Wildman–Crippen MR) is 185 cm³/mol. The molecule has 11 heteroatoms. The molecule has 0 bridgehead atoms. The number of aliphatic hydroxyl groups excluding tert-OH is 2. The molecule has 0 radical (unpaired) electrons. The van der Waals surface area contributed by atoms with Crippen molar-refractivity contribution in [2.45, 2.75) is 101 Å². The minimum Gasteiger partial charge on any atom is -0.481 e. The molecule has 1 aliphatic heterocycles. The molecule has 4 aliphatic rings. The fourth-order valence-electron chi connectivity index (χ4n) is 8.17. The van der Waals surface area contributed by atoms with Crippen LogP contribution < -0.4 is 0 Å². The molecular weight excluding hydrogens is 732 g/mol. The van der Waals surface area contributed by atoms with Crippen molar-refractivity contribution in [3.05, 3.63) is 61.3 Å². The molecule has 7 atom stereocenters. The number of aliphatic carboxylic acids is 1. The molecule has 2 aromatic rings. The molecule has 1 aromatic carbocycles. The van der Waals surface area contributed by atoms with Gasteiger partial charge in [0.2, 0.25) is 5.91 Å². The Morgan fingerprint density at radius 3 is 2.04 bits per heavy atom. The number of pyridine rings is 1. The van der Waals surface area contributed by atoms with Crippen molar-refractivity contribution in [2.75, 3.05) is 27.3 Å². The molecule has 6 rings (SSSR count). The Balaban J connectivity index is 0.000000305. The van der Waals surface area contributed by atoms with Crippen molar-refractivity contribution < 1.29 is 34.4 Å². The van der Waals surface area contributed by atoms with Crippen molar-refractivity contribution in [1.82, 2.24) is 9.88 Å². The molecule has 2 heterocycles. The predicted octanol–water partition coefficient (Wildman–Crippen LogP) is 5.81. The van der Waals surface area contributed by atoms with E-state index in [4.69, 9.17) is 19.6 Å². The van der Waals surface area contributed by atoms with Gasteiger partial charge >= 0.3 is 5.97 Å². The van der Waals surface area contributed by atoms with Gasteiger partial charge in [-0.2, -0.15) is 0 Å². The van der Waals surface area contributed by atoms with Gasteiger partial charge in [-0.15, -0.1) is 0 Å². The van der Waals surface area contributed by atoms with Crippen LogP contribution in [-0.2, 0) is 31.9 Å². The van der Waals surface area contributed by atoms with Gasteiger partial charge in [-0.1, -0.05) is 22.0 Å². The van der Waals surface area contributed by atoms with E-state index >= 15 is 0 Å². The van der Waals surface area contributed by atoms with Gasteiger partial charge in [0.1, 0.15) is 0 Å². The van der Waals surface area contributed by atoms with Crippen LogP contribution in [0.2, 0.25) is 0 Å². The molecule has 3 aliphatic carbocycles. The largest absolute Gasteiger partial charge is 0.481 e. The number of amides is 1. The average molecular weight is 781 g/mol. The van der Waals surface area contributed by atoms with E-state index in [1.165, 1.54) is 39.5 Å². The van der Waals surface area contributed by atoms with Crippen LogP contribution in [0.25, 0.3) is 0 Å². The fourth-order valence-corrected chi connectivity index (χ4v) is 9.41. The first-order chi connectivity index (χ1) is 22.5. The standard InChI is InChI=1S/C28H34Br2N2O3.C8H14O4/c1-16-11-18-3-4-19-13-21(29)15-31-27(19)26(25(18)22(30)12-16)17-7-9-32(10-8-17)28(34)20-5-6-24(35-2)23(33)14-20;1-12-7-3-2-5(8(10)11)4-6(7)9/h11-13,15,17,20,23-24,26,33H,3-10,14H2,1-2H3;5-7,9H,2-4H2,1H3,(H,10,11)/t20?,23?,24?,26-;/m1./s1. The molecule has 3 N–H and O–H groups in total. The van der Waals surface area contributed by atoms with E-state index in [0.29, 0.717) is 31.6 Å². The highest BCUT2D eigenvalue weighted by atomic mass is 79.9. The van der Waals surface area contributed by atoms with Crippen molar-refractivity contribution in [3.8, 4) is 0 Å². The topological polar surface area (TPSA) is 129 Å². The molecule has 6 unspecified atom stereocenters. The van der Waals surface area contributed by atoms with Crippen LogP contribution in [0.15, 0.2) is 33.3 Å². The first-order valence-electron chi connectivity index (χ1n) is 16.9. The van der Waals surface area contributed by atoms with Crippen LogP contribution >= 0.6 is 31.9 Å². The van der Waals surface area contributed by atoms with E-state index in [0.717, 1.165) is 56.1 Å². The number of carbonyl (C=O) groups excluding carboxylic acids is 1. The van der Waals surface area contributed by atoms with Crippen molar-refractivity contribution >= 4 is 43.7 Å². The van der Waals surface area contributed by atoms with E-state index in [1.807, 2.05) is 11.1 Å². The number of nitrogens with zero attached hydrogens (tertiary/aromatic N) is 2. The first kappa shape index (κ1) is 36.4. The van der Waals surface area contributed by atoms with Crippen LogP contribution in [0.3, 0.4) is 0 Å². The third kappa shape index (κ3) is 8.47. The van der Waals surface area contributed by atoms with E-state index in [9.17, 15) is 19.8 Å². The molecule has 2 saturated carbocycles. The first-order valence-corrected chi connectivity index (χ1v) is 18.5. The van der Waals surface area contributed by atoms with E-state index in [1.54, 1.807) is 7.11 Å². The molecule has 1 amide bonds. The van der Waals surface area contributed by atoms with Gasteiger partial charge in [0.25, 0.3) is 0 Å². The van der Waals surface area contributed by atoms with Gasteiger partial charge in [-0.05, 0) is 127 Å². The number of hydrogen-bond acceptors (Lipinski definition) is 7. The van der Waals surface area contributed by atoms with E-state index < -0.39 is 24.1 Å². The number of halogens is 2. The highest BCUT2D eigenvalue weighted by molar-refractivity contribution is 9.10. The summed E-state index contributed by atoms with van der Waals surface area (Å²) >= 11 is 7.53. The normalized spacial score (nSPS) is 29.5. The summed E-state index contributed by atoms with van der Waals surface area (Å²) in [5, 5.41) is 28.4. The average Bonchev–Trinajstić information content (AvgIpc) is 3.21. The number of methoxy groups -OCH3 is 2. The third-order valence-electron chi connectivity index (χ3n) is 10.7. The Bertz CT molecular complexity index is 1420. The summed E-state index contributed by atoms with van der Waals surface area (Å²) in [6, 6.07) is 6.81. The Morgan fingerprint density at radius 2 is 1.45 bits per heavy atom. The summed E-state index contributed by atoms with van der Waals surface area (Å²) in [6.45, 7) is 3.70. The number of ether oxygens (including phenoxy) is 2. The molecule has 1 saturated heterocycles. The second-order valence-electron chi connectivity index (χ2n) is 13.7. The number of aromatic nitrogens is 1. The number of carboxylic acid groups (broad SMARTS) is 1. The number of rotatable bonds is 5. The maximum absolute atomic E-state index is 13.3. The zero-order valence-corrected chi connectivity index (χ0v) is 30.7. The maximum atomic E-state index is 13.3. The third-order valence-corrected chi connectivity index (χ3v) is 11.8. The molecule has 1 aromatic heterocycles. The van der Waals surface area contributed by atoms with Gasteiger partial charge in [-0.3, -0.25) is 14.6 Å². The molecular formula is C36H48Br2N2O7. The number of aliphatic hydroxyl groups is 2. The van der Waals surface area contributed by atoms with Crippen LogP contribution in [-0.4, -0.2) is 88.8 Å². The molecule has 258 valence electrons. The SMILES string of the molecule is COC1CCC(C(=O)N2CCC([C@H]3c4ncc(Br)cc4CCc4cc(C)cc(Br)c43)CC2)CC1O.COC1CCC(C(=O)O)CC1O. The van der Waals surface area contributed by atoms with Gasteiger partial charge in [0.15, 0.2) is 0 Å². The van der Waals surface area contributed by atoms with Crippen LogP contribution in [0.1, 0.15) is 85.2 Å². The lowest BCUT2D eigenvalue weighted by Gasteiger charge is -2.40. The number of likely N-dealkylation sites (tertiary alicyclic amines) is 1. The number of aryl methyl sites for hydroxylation is 3. The summed E-state index contributed by atoms with van der Waals surface area (Å²) in [4.78, 5) is 30.9. The number of hydrogen-bond donors (Lipinski definition) is 3. The lowest BCUT2D eigenvalue weighted by atomic mass is 9.76. The number of piperidine rings is 1. The van der Waals surface area contributed by atoms with Crippen LogP contribution in [0.4, 0.5) is 0 Å². The Hall–Kier alpha value is -1.89. The highest BCUT2D eigenvalue weighted by Gasteiger charge is 2.39. The smallest absolute Gasteiger partial charge is 0.306 e. The van der Waals surface area contributed by atoms with Gasteiger partial charge < -0.3 is 29.7 Å². The summed E-state index contributed by atoms with van der Waals surface area (Å²) < 4.78 is 12.6. The summed E-state index contributed by atoms with van der Waals surface area (Å²) in [7, 11) is 3.17. The maximum Gasteiger partial charge on any atom is 0.306 e. The number of benzene rings is 1. The monoisotopic (exact) mass is 778 g/mol. The van der Waals surface area contributed by atoms with E-state index in [2.05, 4.69) is 57.0 Å².